The molecule has 0 radical (unpaired) electrons. The van der Waals surface area contributed by atoms with Gasteiger partial charge in [0, 0.05) is 32.0 Å². The average Bonchev–Trinajstić information content (AvgIpc) is 3.42. The lowest BCUT2D eigenvalue weighted by molar-refractivity contribution is -0.131. The number of nitrogens with one attached hydrogen (secondary N) is 2. The SMILES string of the molecule is CCC(=O)N1CCC(c2ccc(C[C@@H](C#N)NC(=O)[C@H]3NC4CC[C@H]3C4)cc2)CC1. The van der Waals surface area contributed by atoms with Crippen molar-refractivity contribution in [2.75, 3.05) is 13.1 Å². The van der Waals surface area contributed by atoms with Crippen LogP contribution in [-0.2, 0) is 16.0 Å². The van der Waals surface area contributed by atoms with Crippen LogP contribution >= 0.6 is 0 Å². The summed E-state index contributed by atoms with van der Waals surface area (Å²) in [5.41, 5.74) is 2.36. The van der Waals surface area contributed by atoms with E-state index < -0.39 is 6.04 Å². The van der Waals surface area contributed by atoms with Crippen molar-refractivity contribution in [3.8, 4) is 6.07 Å². The molecule has 1 aliphatic carbocycles. The number of amides is 2. The molecule has 1 aromatic carbocycles. The van der Waals surface area contributed by atoms with E-state index in [1.54, 1.807) is 0 Å². The summed E-state index contributed by atoms with van der Waals surface area (Å²) >= 11 is 0. The number of nitriles is 1. The van der Waals surface area contributed by atoms with Crippen molar-refractivity contribution in [1.29, 1.82) is 5.26 Å². The molecule has 4 rings (SSSR count). The fourth-order valence-electron chi connectivity index (χ4n) is 5.39. The zero-order chi connectivity index (χ0) is 21.1. The summed E-state index contributed by atoms with van der Waals surface area (Å²) in [6.45, 7) is 3.58. The molecule has 2 bridgehead atoms. The van der Waals surface area contributed by atoms with Gasteiger partial charge >= 0.3 is 0 Å². The molecule has 2 amide bonds. The Morgan fingerprint density at radius 3 is 2.50 bits per heavy atom. The van der Waals surface area contributed by atoms with Crippen LogP contribution in [0.15, 0.2) is 24.3 Å². The summed E-state index contributed by atoms with van der Waals surface area (Å²) in [6, 6.07) is 10.5. The Balaban J connectivity index is 1.29. The van der Waals surface area contributed by atoms with Crippen LogP contribution in [0.4, 0.5) is 0 Å². The van der Waals surface area contributed by atoms with Gasteiger partial charge < -0.3 is 15.5 Å². The van der Waals surface area contributed by atoms with Crippen LogP contribution in [0, 0.1) is 17.2 Å². The lowest BCUT2D eigenvalue weighted by Gasteiger charge is -2.32. The van der Waals surface area contributed by atoms with E-state index in [1.807, 2.05) is 11.8 Å². The first-order valence-electron chi connectivity index (χ1n) is 11.4. The molecule has 2 N–H and O–H groups in total. The van der Waals surface area contributed by atoms with Gasteiger partial charge in [-0.05, 0) is 55.1 Å². The molecule has 3 fully saturated rings. The molecule has 0 aromatic heterocycles. The zero-order valence-electron chi connectivity index (χ0n) is 17.8. The number of likely N-dealkylation sites (tertiary alicyclic amines) is 1. The predicted octanol–water partition coefficient (Wildman–Crippen LogP) is 2.49. The molecule has 160 valence electrons. The van der Waals surface area contributed by atoms with Crippen LogP contribution in [0.5, 0.6) is 0 Å². The van der Waals surface area contributed by atoms with Crippen molar-refractivity contribution in [2.24, 2.45) is 5.92 Å². The summed E-state index contributed by atoms with van der Waals surface area (Å²) in [7, 11) is 0. The van der Waals surface area contributed by atoms with Gasteiger partial charge in [0.25, 0.3) is 0 Å². The van der Waals surface area contributed by atoms with Gasteiger partial charge in [-0.15, -0.1) is 0 Å². The molecule has 4 atom stereocenters. The lowest BCUT2D eigenvalue weighted by Crippen LogP contribution is -2.50. The fourth-order valence-corrected chi connectivity index (χ4v) is 5.39. The number of fused-ring (bicyclic) bond motifs is 2. The van der Waals surface area contributed by atoms with E-state index in [-0.39, 0.29) is 17.9 Å². The third-order valence-corrected chi connectivity index (χ3v) is 7.16. The van der Waals surface area contributed by atoms with Gasteiger partial charge in [0.15, 0.2) is 0 Å². The highest BCUT2D eigenvalue weighted by atomic mass is 16.2. The second kappa shape index (κ2) is 9.18. The second-order valence-corrected chi connectivity index (χ2v) is 9.06. The van der Waals surface area contributed by atoms with Crippen LogP contribution in [0.25, 0.3) is 0 Å². The number of carbonyl (C=O) groups excluding carboxylic acids is 2. The van der Waals surface area contributed by atoms with Crippen LogP contribution < -0.4 is 10.6 Å². The Morgan fingerprint density at radius 1 is 1.20 bits per heavy atom. The van der Waals surface area contributed by atoms with Crippen molar-refractivity contribution >= 4 is 11.8 Å². The molecule has 2 heterocycles. The van der Waals surface area contributed by atoms with E-state index in [4.69, 9.17) is 0 Å². The average molecular weight is 409 g/mol. The van der Waals surface area contributed by atoms with Gasteiger partial charge in [0.05, 0.1) is 12.1 Å². The Labute approximate surface area is 179 Å². The Morgan fingerprint density at radius 2 is 1.93 bits per heavy atom. The Bertz CT molecular complexity index is 807. The van der Waals surface area contributed by atoms with Crippen molar-refractivity contribution in [3.05, 3.63) is 35.4 Å². The monoisotopic (exact) mass is 408 g/mol. The van der Waals surface area contributed by atoms with Gasteiger partial charge in [0.2, 0.25) is 11.8 Å². The normalized spacial score (nSPS) is 26.9. The van der Waals surface area contributed by atoms with E-state index in [1.165, 1.54) is 5.56 Å². The van der Waals surface area contributed by atoms with E-state index in [0.29, 0.717) is 30.7 Å². The van der Waals surface area contributed by atoms with Gasteiger partial charge in [-0.1, -0.05) is 31.2 Å². The number of benzene rings is 1. The number of hydrogen-bond acceptors (Lipinski definition) is 4. The van der Waals surface area contributed by atoms with Gasteiger partial charge in [-0.25, -0.2) is 0 Å². The number of nitrogens with zero attached hydrogens (tertiary/aromatic N) is 2. The zero-order valence-corrected chi connectivity index (χ0v) is 17.8. The molecular formula is C24H32N4O2. The number of rotatable bonds is 6. The molecule has 6 heteroatoms. The standard InChI is InChI=1S/C24H32N4O2/c1-2-22(29)28-11-9-18(10-12-28)17-5-3-16(4-6-17)13-21(15-25)27-24(30)23-19-7-8-20(14-19)26-23/h3-6,18-21,23,26H,2,7-14H2,1H3,(H,27,30)/t19-,20?,21-,23-/m0/s1. The van der Waals surface area contributed by atoms with Crippen LogP contribution in [0.3, 0.4) is 0 Å². The molecule has 0 spiro atoms. The molecule has 2 aliphatic heterocycles. The number of hydrogen-bond donors (Lipinski definition) is 2. The maximum atomic E-state index is 12.6. The van der Waals surface area contributed by atoms with Crippen molar-refractivity contribution in [2.45, 2.75) is 75.9 Å². The van der Waals surface area contributed by atoms with Crippen molar-refractivity contribution in [1.82, 2.24) is 15.5 Å². The number of piperidine rings is 2. The number of carbonyl (C=O) groups is 2. The van der Waals surface area contributed by atoms with Crippen LogP contribution in [0.2, 0.25) is 0 Å². The molecule has 3 aliphatic rings. The van der Waals surface area contributed by atoms with Crippen LogP contribution in [0.1, 0.15) is 62.5 Å². The molecule has 30 heavy (non-hydrogen) atoms. The molecule has 1 aromatic rings. The minimum absolute atomic E-state index is 0.0289. The Kier molecular flexibility index (Phi) is 6.38. The van der Waals surface area contributed by atoms with Crippen LogP contribution in [-0.4, -0.2) is 47.9 Å². The van der Waals surface area contributed by atoms with Crippen molar-refractivity contribution in [3.63, 3.8) is 0 Å². The predicted molar refractivity (Wildman–Crippen MR) is 115 cm³/mol. The molecule has 6 nitrogen and oxygen atoms in total. The van der Waals surface area contributed by atoms with E-state index >= 15 is 0 Å². The van der Waals surface area contributed by atoms with Crippen molar-refractivity contribution < 1.29 is 9.59 Å². The molecular weight excluding hydrogens is 376 g/mol. The second-order valence-electron chi connectivity index (χ2n) is 9.06. The largest absolute Gasteiger partial charge is 0.343 e. The fraction of sp³-hybridized carbons (Fsp3) is 0.625. The molecule has 1 saturated carbocycles. The van der Waals surface area contributed by atoms with Gasteiger partial charge in [0.1, 0.15) is 6.04 Å². The maximum absolute atomic E-state index is 12.6. The topological polar surface area (TPSA) is 85.2 Å². The van der Waals surface area contributed by atoms with E-state index in [9.17, 15) is 14.9 Å². The first-order chi connectivity index (χ1) is 14.6. The van der Waals surface area contributed by atoms with E-state index in [2.05, 4.69) is 41.0 Å². The maximum Gasteiger partial charge on any atom is 0.238 e. The van der Waals surface area contributed by atoms with Gasteiger partial charge in [-0.3, -0.25) is 9.59 Å². The van der Waals surface area contributed by atoms with E-state index in [0.717, 1.165) is 50.8 Å². The summed E-state index contributed by atoms with van der Waals surface area (Å²) in [4.78, 5) is 26.4. The molecule has 2 saturated heterocycles. The molecule has 1 unspecified atom stereocenters. The highest BCUT2D eigenvalue weighted by Gasteiger charge is 2.43. The highest BCUT2D eigenvalue weighted by molar-refractivity contribution is 5.83. The highest BCUT2D eigenvalue weighted by Crippen LogP contribution is 2.35. The minimum atomic E-state index is -0.507. The summed E-state index contributed by atoms with van der Waals surface area (Å²) in [5.74, 6) is 1.12. The summed E-state index contributed by atoms with van der Waals surface area (Å²) in [6.07, 6.45) is 6.45. The third kappa shape index (κ3) is 4.52. The smallest absolute Gasteiger partial charge is 0.238 e. The third-order valence-electron chi connectivity index (χ3n) is 7.16. The van der Waals surface area contributed by atoms with Gasteiger partial charge in [-0.2, -0.15) is 5.26 Å². The Hall–Kier alpha value is -2.39. The summed E-state index contributed by atoms with van der Waals surface area (Å²) < 4.78 is 0. The first kappa shape index (κ1) is 20.9. The lowest BCUT2D eigenvalue weighted by atomic mass is 9.88. The summed E-state index contributed by atoms with van der Waals surface area (Å²) in [5, 5.41) is 15.9. The quantitative estimate of drug-likeness (QED) is 0.757. The minimum Gasteiger partial charge on any atom is -0.343 e. The first-order valence-corrected chi connectivity index (χ1v) is 11.4.